The molecule has 2 rings (SSSR count). The fraction of sp³-hybridized carbons (Fsp3) is 0.357. The minimum Gasteiger partial charge on any atom is -0.483 e. The molecule has 0 unspecified atom stereocenters. The SMILES string of the molecule is Cc1cccc(OCC(=O)N2CC(=O)NC(=O)C2)c1C. The molecule has 1 fully saturated rings. The monoisotopic (exact) mass is 276 g/mol. The molecule has 0 atom stereocenters. The molecule has 1 saturated heterocycles. The molecule has 0 saturated carbocycles. The molecule has 3 amide bonds. The quantitative estimate of drug-likeness (QED) is 0.798. The topological polar surface area (TPSA) is 75.7 Å². The van der Waals surface area contributed by atoms with E-state index in [1.165, 1.54) is 4.90 Å². The maximum absolute atomic E-state index is 11.9. The molecule has 0 aliphatic carbocycles. The van der Waals surface area contributed by atoms with Crippen LogP contribution in [0.2, 0.25) is 0 Å². The third kappa shape index (κ3) is 3.14. The van der Waals surface area contributed by atoms with Gasteiger partial charge in [0.1, 0.15) is 18.8 Å². The highest BCUT2D eigenvalue weighted by atomic mass is 16.5. The van der Waals surface area contributed by atoms with Crippen LogP contribution in [0.5, 0.6) is 5.75 Å². The van der Waals surface area contributed by atoms with Crippen LogP contribution in [0.4, 0.5) is 0 Å². The van der Waals surface area contributed by atoms with E-state index in [1.54, 1.807) is 6.07 Å². The summed E-state index contributed by atoms with van der Waals surface area (Å²) in [7, 11) is 0. The molecule has 1 aliphatic rings. The van der Waals surface area contributed by atoms with Crippen molar-refractivity contribution in [2.24, 2.45) is 0 Å². The maximum Gasteiger partial charge on any atom is 0.261 e. The Kier molecular flexibility index (Phi) is 4.02. The zero-order chi connectivity index (χ0) is 14.7. The number of aryl methyl sites for hydroxylation is 1. The van der Waals surface area contributed by atoms with Gasteiger partial charge in [-0.15, -0.1) is 0 Å². The minimum atomic E-state index is -0.471. The van der Waals surface area contributed by atoms with Crippen LogP contribution in [0, 0.1) is 13.8 Å². The molecule has 0 radical (unpaired) electrons. The van der Waals surface area contributed by atoms with Crippen LogP contribution in [0.15, 0.2) is 18.2 Å². The number of rotatable bonds is 3. The Balaban J connectivity index is 1.97. The number of nitrogens with zero attached hydrogens (tertiary/aromatic N) is 1. The lowest BCUT2D eigenvalue weighted by molar-refractivity contribution is -0.146. The molecule has 6 heteroatoms. The van der Waals surface area contributed by atoms with Crippen molar-refractivity contribution in [3.8, 4) is 5.75 Å². The molecule has 1 heterocycles. The molecule has 0 aromatic heterocycles. The van der Waals surface area contributed by atoms with Gasteiger partial charge in [0.15, 0.2) is 6.61 Å². The number of benzene rings is 1. The number of carbonyl (C=O) groups excluding carboxylic acids is 3. The van der Waals surface area contributed by atoms with Gasteiger partial charge in [0, 0.05) is 0 Å². The van der Waals surface area contributed by atoms with E-state index in [-0.39, 0.29) is 25.6 Å². The Hall–Kier alpha value is -2.37. The van der Waals surface area contributed by atoms with Crippen molar-refractivity contribution in [3.05, 3.63) is 29.3 Å². The third-order valence-corrected chi connectivity index (χ3v) is 3.21. The predicted octanol–water partition coefficient (Wildman–Crippen LogP) is 0.167. The van der Waals surface area contributed by atoms with Crippen molar-refractivity contribution in [1.82, 2.24) is 10.2 Å². The Morgan fingerprint density at radius 1 is 1.25 bits per heavy atom. The van der Waals surface area contributed by atoms with Crippen LogP contribution in [0.25, 0.3) is 0 Å². The van der Waals surface area contributed by atoms with E-state index in [0.29, 0.717) is 5.75 Å². The molecule has 20 heavy (non-hydrogen) atoms. The predicted molar refractivity (Wildman–Crippen MR) is 71.1 cm³/mol. The summed E-state index contributed by atoms with van der Waals surface area (Å²) in [6.07, 6.45) is 0. The number of ether oxygens (including phenoxy) is 1. The molecule has 1 N–H and O–H groups in total. The van der Waals surface area contributed by atoms with E-state index < -0.39 is 11.8 Å². The van der Waals surface area contributed by atoms with E-state index in [2.05, 4.69) is 5.32 Å². The zero-order valence-corrected chi connectivity index (χ0v) is 11.4. The standard InChI is InChI=1S/C14H16N2O4/c1-9-4-3-5-11(10(9)2)20-8-14(19)16-6-12(17)15-13(18)7-16/h3-5H,6-8H2,1-2H3,(H,15,17,18). The van der Waals surface area contributed by atoms with Gasteiger partial charge >= 0.3 is 0 Å². The molecule has 0 spiro atoms. The first-order chi connectivity index (χ1) is 9.47. The van der Waals surface area contributed by atoms with Crippen molar-refractivity contribution >= 4 is 17.7 Å². The number of piperazine rings is 1. The molecule has 1 aromatic rings. The first-order valence-corrected chi connectivity index (χ1v) is 6.27. The highest BCUT2D eigenvalue weighted by Gasteiger charge is 2.26. The third-order valence-electron chi connectivity index (χ3n) is 3.21. The highest BCUT2D eigenvalue weighted by molar-refractivity contribution is 6.02. The maximum atomic E-state index is 11.9. The fourth-order valence-corrected chi connectivity index (χ4v) is 1.92. The Morgan fingerprint density at radius 2 is 1.90 bits per heavy atom. The largest absolute Gasteiger partial charge is 0.483 e. The average molecular weight is 276 g/mol. The smallest absolute Gasteiger partial charge is 0.261 e. The summed E-state index contributed by atoms with van der Waals surface area (Å²) in [6.45, 7) is 3.46. The summed E-state index contributed by atoms with van der Waals surface area (Å²) in [4.78, 5) is 35.5. The summed E-state index contributed by atoms with van der Waals surface area (Å²) >= 11 is 0. The van der Waals surface area contributed by atoms with E-state index in [4.69, 9.17) is 4.74 Å². The van der Waals surface area contributed by atoms with Gasteiger partial charge in [-0.25, -0.2) is 0 Å². The van der Waals surface area contributed by atoms with Gasteiger partial charge in [0.2, 0.25) is 11.8 Å². The lowest BCUT2D eigenvalue weighted by Gasteiger charge is -2.25. The summed E-state index contributed by atoms with van der Waals surface area (Å²) in [5.74, 6) is -0.692. The second-order valence-electron chi connectivity index (χ2n) is 4.71. The number of amides is 3. The first kappa shape index (κ1) is 14.0. The Bertz CT molecular complexity index is 552. The average Bonchev–Trinajstić information content (AvgIpc) is 2.39. The lowest BCUT2D eigenvalue weighted by atomic mass is 10.1. The van der Waals surface area contributed by atoms with Crippen molar-refractivity contribution in [3.63, 3.8) is 0 Å². The second kappa shape index (κ2) is 5.73. The van der Waals surface area contributed by atoms with Crippen molar-refractivity contribution in [1.29, 1.82) is 0 Å². The van der Waals surface area contributed by atoms with E-state index in [0.717, 1.165) is 11.1 Å². The van der Waals surface area contributed by atoms with E-state index in [9.17, 15) is 14.4 Å². The summed E-state index contributed by atoms with van der Waals surface area (Å²) in [6, 6.07) is 5.58. The molecule has 1 aliphatic heterocycles. The number of hydrogen-bond donors (Lipinski definition) is 1. The van der Waals surface area contributed by atoms with Crippen LogP contribution in [0.3, 0.4) is 0 Å². The van der Waals surface area contributed by atoms with Crippen molar-refractivity contribution in [2.45, 2.75) is 13.8 Å². The summed E-state index contributed by atoms with van der Waals surface area (Å²) < 4.78 is 5.47. The Morgan fingerprint density at radius 3 is 2.55 bits per heavy atom. The summed E-state index contributed by atoms with van der Waals surface area (Å²) in [5, 5.41) is 2.14. The molecule has 1 aromatic carbocycles. The lowest BCUT2D eigenvalue weighted by Crippen LogP contribution is -2.54. The molecule has 0 bridgehead atoms. The van der Waals surface area contributed by atoms with E-state index in [1.807, 2.05) is 26.0 Å². The minimum absolute atomic E-state index is 0.110. The Labute approximate surface area is 116 Å². The van der Waals surface area contributed by atoms with Gasteiger partial charge in [-0.3, -0.25) is 19.7 Å². The van der Waals surface area contributed by atoms with Gasteiger partial charge < -0.3 is 9.64 Å². The van der Waals surface area contributed by atoms with Crippen LogP contribution in [-0.2, 0) is 14.4 Å². The normalized spacial score (nSPS) is 15.0. The van der Waals surface area contributed by atoms with Crippen molar-refractivity contribution < 1.29 is 19.1 Å². The molecular weight excluding hydrogens is 260 g/mol. The molecule has 106 valence electrons. The number of nitrogens with one attached hydrogen (secondary N) is 1. The first-order valence-electron chi connectivity index (χ1n) is 6.27. The highest BCUT2D eigenvalue weighted by Crippen LogP contribution is 2.20. The van der Waals surface area contributed by atoms with Gasteiger partial charge in [0.25, 0.3) is 5.91 Å². The van der Waals surface area contributed by atoms with Crippen LogP contribution < -0.4 is 10.1 Å². The van der Waals surface area contributed by atoms with Crippen LogP contribution >= 0.6 is 0 Å². The van der Waals surface area contributed by atoms with Crippen LogP contribution in [-0.4, -0.2) is 42.3 Å². The van der Waals surface area contributed by atoms with Crippen LogP contribution in [0.1, 0.15) is 11.1 Å². The van der Waals surface area contributed by atoms with Gasteiger partial charge in [0.05, 0.1) is 0 Å². The zero-order valence-electron chi connectivity index (χ0n) is 11.4. The fourth-order valence-electron chi connectivity index (χ4n) is 1.92. The molecular formula is C14H16N2O4. The van der Waals surface area contributed by atoms with Crippen molar-refractivity contribution in [2.75, 3.05) is 19.7 Å². The summed E-state index contributed by atoms with van der Waals surface area (Å²) in [5.41, 5.74) is 2.04. The number of carbonyl (C=O) groups is 3. The number of imide groups is 1. The molecule has 6 nitrogen and oxygen atoms in total. The van der Waals surface area contributed by atoms with Gasteiger partial charge in [-0.05, 0) is 31.0 Å². The van der Waals surface area contributed by atoms with E-state index >= 15 is 0 Å². The van der Waals surface area contributed by atoms with Gasteiger partial charge in [-0.1, -0.05) is 12.1 Å². The van der Waals surface area contributed by atoms with Gasteiger partial charge in [-0.2, -0.15) is 0 Å². The second-order valence-corrected chi connectivity index (χ2v) is 4.71. The number of hydrogen-bond acceptors (Lipinski definition) is 4.